The number of esters is 1. The molecule has 0 aliphatic heterocycles. The molecule has 0 aliphatic rings. The van der Waals surface area contributed by atoms with E-state index >= 15 is 0 Å². The van der Waals surface area contributed by atoms with Gasteiger partial charge in [0.15, 0.2) is 5.78 Å². The van der Waals surface area contributed by atoms with Crippen LogP contribution in [-0.4, -0.2) is 11.8 Å². The molecule has 0 saturated heterocycles. The van der Waals surface area contributed by atoms with Gasteiger partial charge in [-0.25, -0.2) is 0 Å². The molecule has 0 amide bonds. The number of carbonyl (C=O) groups excluding carboxylic acids is 2. The molecule has 0 N–H and O–H groups in total. The third kappa shape index (κ3) is 4.16. The van der Waals surface area contributed by atoms with Crippen molar-refractivity contribution >= 4 is 11.8 Å². The Bertz CT molecular complexity index is 632. The first-order valence-electron chi connectivity index (χ1n) is 7.13. The quantitative estimate of drug-likeness (QED) is 0.337. The van der Waals surface area contributed by atoms with E-state index < -0.39 is 11.9 Å². The second-order valence-corrected chi connectivity index (χ2v) is 4.90. The van der Waals surface area contributed by atoms with E-state index in [1.54, 1.807) is 30.3 Å². The number of hydrogen-bond acceptors (Lipinski definition) is 3. The van der Waals surface area contributed by atoms with E-state index in [2.05, 4.69) is 6.58 Å². The topological polar surface area (TPSA) is 43.4 Å². The number of ketones is 1. The van der Waals surface area contributed by atoms with Gasteiger partial charge in [-0.15, -0.1) is 6.58 Å². The minimum absolute atomic E-state index is 0.162. The second kappa shape index (κ2) is 7.93. The van der Waals surface area contributed by atoms with Crippen molar-refractivity contribution in [2.24, 2.45) is 5.92 Å². The summed E-state index contributed by atoms with van der Waals surface area (Å²) in [6.45, 7) is 3.78. The lowest BCUT2D eigenvalue weighted by atomic mass is 9.94. The van der Waals surface area contributed by atoms with Gasteiger partial charge in [-0.2, -0.15) is 0 Å². The van der Waals surface area contributed by atoms with Crippen LogP contribution in [0.25, 0.3) is 0 Å². The van der Waals surface area contributed by atoms with E-state index in [1.165, 1.54) is 0 Å². The number of benzene rings is 2. The summed E-state index contributed by atoms with van der Waals surface area (Å²) in [5.41, 5.74) is 1.39. The van der Waals surface area contributed by atoms with Gasteiger partial charge in [-0.05, 0) is 12.0 Å². The lowest BCUT2D eigenvalue weighted by Crippen LogP contribution is -2.26. The molecule has 3 heteroatoms. The van der Waals surface area contributed by atoms with E-state index in [0.717, 1.165) is 5.56 Å². The summed E-state index contributed by atoms with van der Waals surface area (Å²) < 4.78 is 5.28. The summed E-state index contributed by atoms with van der Waals surface area (Å²) in [6.07, 6.45) is 1.83. The maximum atomic E-state index is 12.4. The van der Waals surface area contributed by atoms with E-state index in [9.17, 15) is 9.59 Å². The molecule has 0 bridgehead atoms. The number of Topliss-reactive ketones (excluding diaryl/α,β-unsaturated/α-hetero) is 1. The molecule has 22 heavy (non-hydrogen) atoms. The minimum atomic E-state index is -0.844. The Kier molecular flexibility index (Phi) is 5.66. The molecule has 2 aromatic rings. The maximum Gasteiger partial charge on any atom is 0.317 e. The van der Waals surface area contributed by atoms with Gasteiger partial charge in [0, 0.05) is 5.56 Å². The van der Waals surface area contributed by atoms with Crippen LogP contribution in [0.4, 0.5) is 0 Å². The number of hydrogen-bond donors (Lipinski definition) is 0. The first kappa shape index (κ1) is 15.7. The lowest BCUT2D eigenvalue weighted by molar-refractivity contribution is -0.148. The lowest BCUT2D eigenvalue weighted by Gasteiger charge is -2.13. The molecule has 2 rings (SSSR count). The minimum Gasteiger partial charge on any atom is -0.460 e. The standard InChI is InChI=1S/C19H18O3/c1-2-9-17(18(20)16-12-7-4-8-13-16)19(21)22-14-15-10-5-3-6-11-15/h2-8,10-13,17H,1,9,14H2. The van der Waals surface area contributed by atoms with Crippen LogP contribution in [0.5, 0.6) is 0 Å². The second-order valence-electron chi connectivity index (χ2n) is 4.90. The van der Waals surface area contributed by atoms with Gasteiger partial charge < -0.3 is 4.74 Å². The van der Waals surface area contributed by atoms with Crippen molar-refractivity contribution in [2.45, 2.75) is 13.0 Å². The van der Waals surface area contributed by atoms with Gasteiger partial charge in [0.25, 0.3) is 0 Å². The zero-order chi connectivity index (χ0) is 15.8. The number of allylic oxidation sites excluding steroid dienone is 1. The average Bonchev–Trinajstić information content (AvgIpc) is 2.58. The van der Waals surface area contributed by atoms with E-state index in [4.69, 9.17) is 4.74 Å². The van der Waals surface area contributed by atoms with Crippen molar-refractivity contribution in [3.05, 3.63) is 84.4 Å². The van der Waals surface area contributed by atoms with E-state index in [0.29, 0.717) is 5.56 Å². The molecular formula is C19H18O3. The molecule has 0 aliphatic carbocycles. The normalized spacial score (nSPS) is 11.5. The largest absolute Gasteiger partial charge is 0.460 e. The fraction of sp³-hybridized carbons (Fsp3) is 0.158. The predicted molar refractivity (Wildman–Crippen MR) is 85.3 cm³/mol. The Labute approximate surface area is 130 Å². The first-order chi connectivity index (χ1) is 10.7. The molecule has 1 unspecified atom stereocenters. The van der Waals surface area contributed by atoms with Crippen LogP contribution in [0.2, 0.25) is 0 Å². The molecule has 0 aromatic heterocycles. The molecule has 112 valence electrons. The molecule has 1 atom stereocenters. The van der Waals surface area contributed by atoms with Crippen molar-refractivity contribution < 1.29 is 14.3 Å². The smallest absolute Gasteiger partial charge is 0.317 e. The van der Waals surface area contributed by atoms with E-state index in [1.807, 2.05) is 36.4 Å². The van der Waals surface area contributed by atoms with Crippen LogP contribution in [0, 0.1) is 5.92 Å². The number of rotatable bonds is 7. The van der Waals surface area contributed by atoms with Gasteiger partial charge >= 0.3 is 5.97 Å². The Morgan fingerprint density at radius 3 is 2.18 bits per heavy atom. The average molecular weight is 294 g/mol. The maximum absolute atomic E-state index is 12.4. The summed E-state index contributed by atoms with van der Waals surface area (Å²) in [6, 6.07) is 18.1. The van der Waals surface area contributed by atoms with Gasteiger partial charge in [0.1, 0.15) is 12.5 Å². The highest BCUT2D eigenvalue weighted by atomic mass is 16.5. The monoisotopic (exact) mass is 294 g/mol. The van der Waals surface area contributed by atoms with Crippen LogP contribution in [0.1, 0.15) is 22.3 Å². The van der Waals surface area contributed by atoms with Crippen molar-refractivity contribution in [3.8, 4) is 0 Å². The Morgan fingerprint density at radius 1 is 1.00 bits per heavy atom. The molecule has 0 spiro atoms. The fourth-order valence-electron chi connectivity index (χ4n) is 2.11. The molecule has 0 saturated carbocycles. The third-order valence-corrected chi connectivity index (χ3v) is 3.29. The van der Waals surface area contributed by atoms with Crippen LogP contribution in [0.3, 0.4) is 0 Å². The first-order valence-corrected chi connectivity index (χ1v) is 7.13. The van der Waals surface area contributed by atoms with Crippen molar-refractivity contribution in [1.82, 2.24) is 0 Å². The molecule has 3 nitrogen and oxygen atoms in total. The summed E-state index contributed by atoms with van der Waals surface area (Å²) in [5.74, 6) is -1.60. The van der Waals surface area contributed by atoms with Gasteiger partial charge in [-0.3, -0.25) is 9.59 Å². The van der Waals surface area contributed by atoms with Gasteiger partial charge in [-0.1, -0.05) is 66.7 Å². The van der Waals surface area contributed by atoms with Crippen LogP contribution < -0.4 is 0 Å². The van der Waals surface area contributed by atoms with E-state index in [-0.39, 0.29) is 18.8 Å². The molecule has 0 fully saturated rings. The predicted octanol–water partition coefficient (Wildman–Crippen LogP) is 3.81. The highest BCUT2D eigenvalue weighted by molar-refractivity contribution is 6.08. The van der Waals surface area contributed by atoms with Crippen LogP contribution in [0.15, 0.2) is 73.3 Å². The molecular weight excluding hydrogens is 276 g/mol. The molecule has 0 heterocycles. The molecule has 2 aromatic carbocycles. The van der Waals surface area contributed by atoms with Crippen molar-refractivity contribution in [3.63, 3.8) is 0 Å². The fourth-order valence-corrected chi connectivity index (χ4v) is 2.11. The van der Waals surface area contributed by atoms with Crippen molar-refractivity contribution in [1.29, 1.82) is 0 Å². The summed E-state index contributed by atoms with van der Waals surface area (Å²) in [5, 5.41) is 0. The Balaban J connectivity index is 2.05. The molecule has 0 radical (unpaired) electrons. The van der Waals surface area contributed by atoms with Gasteiger partial charge in [0.05, 0.1) is 0 Å². The summed E-state index contributed by atoms with van der Waals surface area (Å²) in [7, 11) is 0. The number of carbonyl (C=O) groups is 2. The third-order valence-electron chi connectivity index (χ3n) is 3.29. The summed E-state index contributed by atoms with van der Waals surface area (Å²) >= 11 is 0. The Morgan fingerprint density at radius 2 is 1.59 bits per heavy atom. The Hall–Kier alpha value is -2.68. The summed E-state index contributed by atoms with van der Waals surface area (Å²) in [4.78, 5) is 24.7. The van der Waals surface area contributed by atoms with Gasteiger partial charge in [0.2, 0.25) is 0 Å². The number of ether oxygens (including phenoxy) is 1. The van der Waals surface area contributed by atoms with Crippen LogP contribution in [-0.2, 0) is 16.1 Å². The van der Waals surface area contributed by atoms with Crippen LogP contribution >= 0.6 is 0 Å². The van der Waals surface area contributed by atoms with Crippen molar-refractivity contribution in [2.75, 3.05) is 0 Å². The zero-order valence-electron chi connectivity index (χ0n) is 12.3. The highest BCUT2D eigenvalue weighted by Gasteiger charge is 2.27. The highest BCUT2D eigenvalue weighted by Crippen LogP contribution is 2.16. The SMILES string of the molecule is C=CCC(C(=O)OCc1ccccc1)C(=O)c1ccccc1. The zero-order valence-corrected chi connectivity index (χ0v) is 12.3.